The van der Waals surface area contributed by atoms with Crippen molar-refractivity contribution in [1.82, 2.24) is 4.98 Å². The Bertz CT molecular complexity index is 457. The zero-order chi connectivity index (χ0) is 15.3. The van der Waals surface area contributed by atoms with Crippen LogP contribution in [-0.4, -0.2) is 42.5 Å². The molecule has 9 heteroatoms. The molecule has 0 spiro atoms. The van der Waals surface area contributed by atoms with Crippen molar-refractivity contribution in [2.75, 3.05) is 36.5 Å². The van der Waals surface area contributed by atoms with Crippen molar-refractivity contribution >= 4 is 34.8 Å². The molecule has 0 aromatic carbocycles. The van der Waals surface area contributed by atoms with Crippen LogP contribution in [0.1, 0.15) is 6.92 Å². The van der Waals surface area contributed by atoms with Crippen molar-refractivity contribution in [3.63, 3.8) is 0 Å². The summed E-state index contributed by atoms with van der Waals surface area (Å²) >= 11 is 11.8. The van der Waals surface area contributed by atoms with Gasteiger partial charge in [-0.3, -0.25) is 0 Å². The number of hydrogen-bond donors (Lipinski definition) is 2. The topological polar surface area (TPSA) is 48.4 Å². The van der Waals surface area contributed by atoms with Gasteiger partial charge in [0.1, 0.15) is 18.2 Å². The zero-order valence-corrected chi connectivity index (χ0v) is 12.1. The Morgan fingerprint density at radius 1 is 1.35 bits per heavy atom. The third-order valence-electron chi connectivity index (χ3n) is 2.29. The van der Waals surface area contributed by atoms with E-state index in [4.69, 9.17) is 28.3 Å². The Hall–Kier alpha value is -0.920. The van der Waals surface area contributed by atoms with Crippen LogP contribution in [0.25, 0.3) is 0 Å². The molecule has 0 amide bonds. The molecule has 1 aromatic heterocycles. The maximum Gasteiger partial charge on any atom is 0.405 e. The maximum atomic E-state index is 12.5. The first kappa shape index (κ1) is 17.1. The van der Waals surface area contributed by atoms with Crippen molar-refractivity contribution in [3.8, 4) is 0 Å². The van der Waals surface area contributed by atoms with Crippen LogP contribution in [0.3, 0.4) is 0 Å². The van der Waals surface area contributed by atoms with Gasteiger partial charge < -0.3 is 15.3 Å². The lowest BCUT2D eigenvalue weighted by molar-refractivity contribution is -0.119. The molecule has 0 aliphatic heterocycles. The van der Waals surface area contributed by atoms with Gasteiger partial charge in [0.05, 0.1) is 16.7 Å². The number of pyridine rings is 1. The number of anilines is 2. The number of hydrogen-bond acceptors (Lipinski definition) is 4. The van der Waals surface area contributed by atoms with E-state index in [1.165, 1.54) is 6.07 Å². The molecule has 2 N–H and O–H groups in total. The summed E-state index contributed by atoms with van der Waals surface area (Å²) in [6.07, 6.45) is -4.43. The minimum absolute atomic E-state index is 0.00523. The summed E-state index contributed by atoms with van der Waals surface area (Å²) in [5.74, 6) is 0.178. The lowest BCUT2D eigenvalue weighted by Crippen LogP contribution is -2.37. The Morgan fingerprint density at radius 2 is 2.00 bits per heavy atom. The third-order valence-corrected chi connectivity index (χ3v) is 2.86. The van der Waals surface area contributed by atoms with Gasteiger partial charge in [-0.2, -0.15) is 13.2 Å². The summed E-state index contributed by atoms with van der Waals surface area (Å²) in [5, 5.41) is 11.9. The summed E-state index contributed by atoms with van der Waals surface area (Å²) in [4.78, 5) is 4.87. The van der Waals surface area contributed by atoms with Crippen LogP contribution in [0.15, 0.2) is 6.07 Å². The molecular weight excluding hydrogens is 318 g/mol. The minimum atomic E-state index is -4.43. The normalized spacial score (nSPS) is 11.6. The molecule has 1 rings (SSSR count). The van der Waals surface area contributed by atoms with Gasteiger partial charge >= 0.3 is 6.18 Å². The van der Waals surface area contributed by atoms with Crippen molar-refractivity contribution in [1.29, 1.82) is 0 Å². The second kappa shape index (κ2) is 7.19. The number of halogens is 5. The molecule has 0 aliphatic rings. The molecule has 0 saturated carbocycles. The Labute approximate surface area is 124 Å². The molecule has 1 heterocycles. The van der Waals surface area contributed by atoms with Gasteiger partial charge in [-0.05, 0) is 13.0 Å². The molecular formula is C11H14Cl2F3N3O. The lowest BCUT2D eigenvalue weighted by atomic mass is 10.3. The first-order valence-corrected chi connectivity index (χ1v) is 6.56. The smallest absolute Gasteiger partial charge is 0.395 e. The molecule has 0 bridgehead atoms. The number of rotatable bonds is 6. The molecule has 0 unspecified atom stereocenters. The number of aromatic nitrogens is 1. The predicted molar refractivity (Wildman–Crippen MR) is 73.8 cm³/mol. The Kier molecular flexibility index (Phi) is 6.16. The molecule has 20 heavy (non-hydrogen) atoms. The van der Waals surface area contributed by atoms with Gasteiger partial charge in [-0.15, -0.1) is 0 Å². The van der Waals surface area contributed by atoms with Gasteiger partial charge in [0.25, 0.3) is 0 Å². The third kappa shape index (κ3) is 4.88. The van der Waals surface area contributed by atoms with E-state index in [2.05, 4.69) is 10.3 Å². The number of nitrogens with one attached hydrogen (secondary N) is 1. The first-order valence-electron chi connectivity index (χ1n) is 5.81. The fourth-order valence-electron chi connectivity index (χ4n) is 1.57. The van der Waals surface area contributed by atoms with Gasteiger partial charge in [-0.25, -0.2) is 4.98 Å². The van der Waals surface area contributed by atoms with Crippen LogP contribution in [0.2, 0.25) is 10.0 Å². The molecule has 0 aliphatic carbocycles. The van der Waals surface area contributed by atoms with Crippen molar-refractivity contribution < 1.29 is 18.3 Å². The van der Waals surface area contributed by atoms with Crippen molar-refractivity contribution in [3.05, 3.63) is 16.1 Å². The van der Waals surface area contributed by atoms with Gasteiger partial charge in [0, 0.05) is 13.1 Å². The molecule has 0 atom stereocenters. The number of aliphatic hydroxyl groups excluding tert-OH is 1. The van der Waals surface area contributed by atoms with E-state index < -0.39 is 19.3 Å². The summed E-state index contributed by atoms with van der Waals surface area (Å²) < 4.78 is 37.6. The van der Waals surface area contributed by atoms with Crippen molar-refractivity contribution in [2.45, 2.75) is 13.1 Å². The largest absolute Gasteiger partial charge is 0.405 e. The lowest BCUT2D eigenvalue weighted by Gasteiger charge is -2.25. The van der Waals surface area contributed by atoms with E-state index in [0.29, 0.717) is 6.54 Å². The van der Waals surface area contributed by atoms with Crippen molar-refractivity contribution in [2.24, 2.45) is 0 Å². The van der Waals surface area contributed by atoms with E-state index in [9.17, 15) is 13.2 Å². The van der Waals surface area contributed by atoms with E-state index in [1.54, 1.807) is 6.92 Å². The van der Waals surface area contributed by atoms with Gasteiger partial charge in [0.2, 0.25) is 0 Å². The first-order chi connectivity index (χ1) is 9.28. The fraction of sp³-hybridized carbons (Fsp3) is 0.545. The summed E-state index contributed by atoms with van der Waals surface area (Å²) in [6, 6.07) is 1.32. The minimum Gasteiger partial charge on any atom is -0.395 e. The SMILES string of the molecule is CCNc1nc(N(CCO)CC(F)(F)F)c(Cl)cc1Cl. The highest BCUT2D eigenvalue weighted by atomic mass is 35.5. The second-order valence-corrected chi connectivity index (χ2v) is 4.73. The number of nitrogens with zero attached hydrogens (tertiary/aromatic N) is 2. The summed E-state index contributed by atoms with van der Waals surface area (Å²) in [7, 11) is 0. The monoisotopic (exact) mass is 331 g/mol. The van der Waals surface area contributed by atoms with Crippen LogP contribution in [-0.2, 0) is 0 Å². The number of aliphatic hydroxyl groups is 1. The average molecular weight is 332 g/mol. The number of alkyl halides is 3. The fourth-order valence-corrected chi connectivity index (χ4v) is 2.11. The van der Waals surface area contributed by atoms with E-state index in [0.717, 1.165) is 4.90 Å². The van der Waals surface area contributed by atoms with Crippen LogP contribution in [0.5, 0.6) is 0 Å². The molecule has 1 aromatic rings. The van der Waals surface area contributed by atoms with Crippen LogP contribution in [0.4, 0.5) is 24.8 Å². The zero-order valence-electron chi connectivity index (χ0n) is 10.6. The predicted octanol–water partition coefficient (Wildman–Crippen LogP) is 3.18. The van der Waals surface area contributed by atoms with E-state index in [1.807, 2.05) is 0 Å². The van der Waals surface area contributed by atoms with Gasteiger partial charge in [-0.1, -0.05) is 23.2 Å². The van der Waals surface area contributed by atoms with Crippen LogP contribution >= 0.6 is 23.2 Å². The van der Waals surface area contributed by atoms with Crippen LogP contribution in [0, 0.1) is 0 Å². The van der Waals surface area contributed by atoms with E-state index in [-0.39, 0.29) is 28.2 Å². The van der Waals surface area contributed by atoms with Crippen LogP contribution < -0.4 is 10.2 Å². The molecule has 0 saturated heterocycles. The Balaban J connectivity index is 3.14. The summed E-state index contributed by atoms with van der Waals surface area (Å²) in [5.41, 5.74) is 0. The van der Waals surface area contributed by atoms with E-state index >= 15 is 0 Å². The molecule has 0 radical (unpaired) electrons. The average Bonchev–Trinajstić information content (AvgIpc) is 2.30. The molecule has 114 valence electrons. The quantitative estimate of drug-likeness (QED) is 0.840. The molecule has 0 fully saturated rings. The maximum absolute atomic E-state index is 12.5. The second-order valence-electron chi connectivity index (χ2n) is 3.91. The Morgan fingerprint density at radius 3 is 2.50 bits per heavy atom. The van der Waals surface area contributed by atoms with Gasteiger partial charge in [0.15, 0.2) is 0 Å². The molecule has 4 nitrogen and oxygen atoms in total. The highest BCUT2D eigenvalue weighted by molar-refractivity contribution is 6.37. The highest BCUT2D eigenvalue weighted by Crippen LogP contribution is 2.32. The summed E-state index contributed by atoms with van der Waals surface area (Å²) in [6.45, 7) is 0.362. The standard InChI is InChI=1S/C11H14Cl2F3N3O/c1-2-17-9-7(12)5-8(13)10(18-9)19(3-4-20)6-11(14,15)16/h5,20H,2-4,6H2,1H3,(H,17,18). The highest BCUT2D eigenvalue weighted by Gasteiger charge is 2.32.